The maximum absolute atomic E-state index is 11.7. The van der Waals surface area contributed by atoms with Crippen molar-refractivity contribution in [2.24, 2.45) is 0 Å². The van der Waals surface area contributed by atoms with E-state index in [0.29, 0.717) is 11.5 Å². The van der Waals surface area contributed by atoms with Gasteiger partial charge in [0, 0.05) is 28.6 Å². The Kier molecular flexibility index (Phi) is 5.03. The number of pyridine rings is 1. The Labute approximate surface area is 129 Å². The fourth-order valence-corrected chi connectivity index (χ4v) is 2.14. The van der Waals surface area contributed by atoms with Gasteiger partial charge in [0.25, 0.3) is 0 Å². The minimum atomic E-state index is -0.470. The highest BCUT2D eigenvalue weighted by Gasteiger charge is 2.15. The van der Waals surface area contributed by atoms with Crippen LogP contribution >= 0.6 is 27.5 Å². The number of carbonyl (C=O) groups is 1. The van der Waals surface area contributed by atoms with Crippen LogP contribution in [0.25, 0.3) is 11.4 Å². The molecular weight excluding hydrogens is 346 g/mol. The van der Waals surface area contributed by atoms with E-state index in [2.05, 4.69) is 30.9 Å². The smallest absolute Gasteiger partial charge is 0.341 e. The van der Waals surface area contributed by atoms with Gasteiger partial charge in [-0.3, -0.25) is 4.98 Å². The van der Waals surface area contributed by atoms with Crippen LogP contribution in [0.4, 0.5) is 0 Å². The van der Waals surface area contributed by atoms with Gasteiger partial charge in [-0.05, 0) is 28.9 Å². The summed E-state index contributed by atoms with van der Waals surface area (Å²) in [6.45, 7) is 2.03. The molecule has 5 nitrogen and oxygen atoms in total. The van der Waals surface area contributed by atoms with Crippen molar-refractivity contribution < 1.29 is 9.53 Å². The summed E-state index contributed by atoms with van der Waals surface area (Å²) in [5, 5.41) is 0. The van der Waals surface area contributed by atoms with Crippen molar-refractivity contribution in [1.29, 1.82) is 0 Å². The molecule has 0 fully saturated rings. The number of esters is 1. The van der Waals surface area contributed by atoms with E-state index >= 15 is 0 Å². The van der Waals surface area contributed by atoms with E-state index in [0.717, 1.165) is 10.0 Å². The molecule has 0 radical (unpaired) electrons. The van der Waals surface area contributed by atoms with Crippen LogP contribution < -0.4 is 0 Å². The summed E-state index contributed by atoms with van der Waals surface area (Å²) in [5.74, 6) is 0.0926. The van der Waals surface area contributed by atoms with E-state index in [1.54, 1.807) is 19.3 Å². The molecule has 0 atom stereocenters. The number of alkyl halides is 1. The molecule has 0 unspecified atom stereocenters. The Morgan fingerprint density at radius 3 is 2.85 bits per heavy atom. The van der Waals surface area contributed by atoms with Crippen LogP contribution in [-0.2, 0) is 10.6 Å². The number of nitrogens with zero attached hydrogens (tertiary/aromatic N) is 3. The van der Waals surface area contributed by atoms with Gasteiger partial charge in [-0.15, -0.1) is 11.6 Å². The van der Waals surface area contributed by atoms with Gasteiger partial charge in [0.05, 0.1) is 18.2 Å². The SMILES string of the molecule is CCOC(=O)c1cnc(-c2cncc(Br)c2)nc1CCl. The largest absolute Gasteiger partial charge is 0.462 e. The van der Waals surface area contributed by atoms with Gasteiger partial charge in [0.2, 0.25) is 0 Å². The maximum atomic E-state index is 11.7. The van der Waals surface area contributed by atoms with E-state index in [-0.39, 0.29) is 18.1 Å². The van der Waals surface area contributed by atoms with Crippen molar-refractivity contribution in [3.05, 3.63) is 40.4 Å². The molecule has 0 aliphatic carbocycles. The topological polar surface area (TPSA) is 65.0 Å². The van der Waals surface area contributed by atoms with Gasteiger partial charge in [0.1, 0.15) is 5.56 Å². The molecule has 7 heteroatoms. The molecule has 0 bridgehead atoms. The molecule has 20 heavy (non-hydrogen) atoms. The lowest BCUT2D eigenvalue weighted by Gasteiger charge is -2.07. The molecule has 0 N–H and O–H groups in total. The standard InChI is InChI=1S/C13H11BrClN3O2/c1-2-20-13(19)10-7-17-12(18-11(10)4-15)8-3-9(14)6-16-5-8/h3,5-7H,2,4H2,1H3. The highest BCUT2D eigenvalue weighted by atomic mass is 79.9. The molecule has 0 aromatic carbocycles. The summed E-state index contributed by atoms with van der Waals surface area (Å²) in [5.41, 5.74) is 1.46. The van der Waals surface area contributed by atoms with Crippen LogP contribution in [0.5, 0.6) is 0 Å². The van der Waals surface area contributed by atoms with Crippen molar-refractivity contribution in [2.45, 2.75) is 12.8 Å². The summed E-state index contributed by atoms with van der Waals surface area (Å²) in [7, 11) is 0. The van der Waals surface area contributed by atoms with Crippen molar-refractivity contribution in [3.63, 3.8) is 0 Å². The number of rotatable bonds is 4. The normalized spacial score (nSPS) is 10.3. The first-order valence-electron chi connectivity index (χ1n) is 5.85. The van der Waals surface area contributed by atoms with Crippen molar-refractivity contribution in [2.75, 3.05) is 6.61 Å². The van der Waals surface area contributed by atoms with Gasteiger partial charge in [0.15, 0.2) is 5.82 Å². The zero-order valence-electron chi connectivity index (χ0n) is 10.6. The lowest BCUT2D eigenvalue weighted by Crippen LogP contribution is -2.10. The van der Waals surface area contributed by atoms with Crippen LogP contribution in [-0.4, -0.2) is 27.5 Å². The predicted molar refractivity (Wildman–Crippen MR) is 78.5 cm³/mol. The Morgan fingerprint density at radius 1 is 1.40 bits per heavy atom. The van der Waals surface area contributed by atoms with Crippen LogP contribution in [0, 0.1) is 0 Å². The van der Waals surface area contributed by atoms with Gasteiger partial charge in [-0.1, -0.05) is 0 Å². The van der Waals surface area contributed by atoms with Crippen LogP contribution in [0.1, 0.15) is 23.0 Å². The third kappa shape index (κ3) is 3.32. The summed E-state index contributed by atoms with van der Waals surface area (Å²) < 4.78 is 5.76. The maximum Gasteiger partial charge on any atom is 0.341 e. The first-order valence-corrected chi connectivity index (χ1v) is 7.18. The summed E-state index contributed by atoms with van der Waals surface area (Å²) >= 11 is 9.18. The summed E-state index contributed by atoms with van der Waals surface area (Å²) in [4.78, 5) is 24.3. The van der Waals surface area contributed by atoms with Crippen molar-refractivity contribution >= 4 is 33.5 Å². The first-order chi connectivity index (χ1) is 9.65. The second-order valence-electron chi connectivity index (χ2n) is 3.80. The Balaban J connectivity index is 2.41. The Hall–Kier alpha value is -1.53. The van der Waals surface area contributed by atoms with Gasteiger partial charge in [-0.25, -0.2) is 14.8 Å². The van der Waals surface area contributed by atoms with E-state index in [1.165, 1.54) is 6.20 Å². The molecule has 104 valence electrons. The minimum absolute atomic E-state index is 0.102. The number of ether oxygens (including phenoxy) is 1. The number of hydrogen-bond acceptors (Lipinski definition) is 5. The van der Waals surface area contributed by atoms with Crippen LogP contribution in [0.2, 0.25) is 0 Å². The molecule has 0 amide bonds. The quantitative estimate of drug-likeness (QED) is 0.621. The average molecular weight is 357 g/mol. The molecule has 0 spiro atoms. The summed E-state index contributed by atoms with van der Waals surface area (Å²) in [6, 6.07) is 1.84. The van der Waals surface area contributed by atoms with E-state index in [4.69, 9.17) is 16.3 Å². The van der Waals surface area contributed by atoms with Gasteiger partial charge < -0.3 is 4.74 Å². The molecular formula is C13H11BrClN3O2. The average Bonchev–Trinajstić information content (AvgIpc) is 2.46. The second kappa shape index (κ2) is 6.76. The number of carbonyl (C=O) groups excluding carboxylic acids is 1. The Bertz CT molecular complexity index is 637. The van der Waals surface area contributed by atoms with Crippen LogP contribution in [0.15, 0.2) is 29.1 Å². The second-order valence-corrected chi connectivity index (χ2v) is 4.98. The van der Waals surface area contributed by atoms with Gasteiger partial charge >= 0.3 is 5.97 Å². The highest BCUT2D eigenvalue weighted by molar-refractivity contribution is 9.10. The van der Waals surface area contributed by atoms with E-state index in [1.807, 2.05) is 6.07 Å². The number of aromatic nitrogens is 3. The third-order valence-electron chi connectivity index (χ3n) is 2.45. The molecule has 2 aromatic rings. The Morgan fingerprint density at radius 2 is 2.20 bits per heavy atom. The molecule has 2 aromatic heterocycles. The predicted octanol–water partition coefficient (Wildman–Crippen LogP) is 3.22. The molecule has 2 rings (SSSR count). The molecule has 2 heterocycles. The lowest BCUT2D eigenvalue weighted by atomic mass is 10.2. The van der Waals surface area contributed by atoms with E-state index < -0.39 is 5.97 Å². The third-order valence-corrected chi connectivity index (χ3v) is 3.14. The minimum Gasteiger partial charge on any atom is -0.462 e. The van der Waals surface area contributed by atoms with Crippen molar-refractivity contribution in [3.8, 4) is 11.4 Å². The molecule has 0 saturated heterocycles. The molecule has 0 saturated carbocycles. The molecule has 0 aliphatic rings. The summed E-state index contributed by atoms with van der Waals surface area (Å²) in [6.07, 6.45) is 4.74. The van der Waals surface area contributed by atoms with Crippen molar-refractivity contribution in [1.82, 2.24) is 15.0 Å². The monoisotopic (exact) mass is 355 g/mol. The number of halogens is 2. The van der Waals surface area contributed by atoms with Crippen LogP contribution in [0.3, 0.4) is 0 Å². The highest BCUT2D eigenvalue weighted by Crippen LogP contribution is 2.20. The number of hydrogen-bond donors (Lipinski definition) is 0. The van der Waals surface area contributed by atoms with Gasteiger partial charge in [-0.2, -0.15) is 0 Å². The fraction of sp³-hybridized carbons (Fsp3) is 0.231. The fourth-order valence-electron chi connectivity index (χ4n) is 1.57. The molecule has 0 aliphatic heterocycles. The first kappa shape index (κ1) is 14.9. The zero-order valence-corrected chi connectivity index (χ0v) is 13.0. The zero-order chi connectivity index (χ0) is 14.5. The van der Waals surface area contributed by atoms with E-state index in [9.17, 15) is 4.79 Å². The lowest BCUT2D eigenvalue weighted by molar-refractivity contribution is 0.0524.